The van der Waals surface area contributed by atoms with Gasteiger partial charge in [-0.3, -0.25) is 9.59 Å². The zero-order valence-corrected chi connectivity index (χ0v) is 16.3. The summed E-state index contributed by atoms with van der Waals surface area (Å²) < 4.78 is 5.65. The number of phenolic OH excluding ortho intramolecular Hbond substituents is 1. The minimum atomic E-state index is -0.828. The van der Waals surface area contributed by atoms with E-state index in [1.807, 2.05) is 0 Å². The second-order valence-corrected chi connectivity index (χ2v) is 7.63. The molecule has 2 fully saturated rings. The summed E-state index contributed by atoms with van der Waals surface area (Å²) in [6.07, 6.45) is 1.53. The fraction of sp³-hybridized carbons (Fsp3) is 0.273. The Bertz CT molecular complexity index is 996. The maximum absolute atomic E-state index is 12.9. The monoisotopic (exact) mass is 413 g/mol. The normalized spacial score (nSPS) is 23.7. The lowest BCUT2D eigenvalue weighted by Gasteiger charge is -2.27. The Labute approximate surface area is 173 Å². The summed E-state index contributed by atoms with van der Waals surface area (Å²) in [4.78, 5) is 27.2. The van der Waals surface area contributed by atoms with Gasteiger partial charge in [0.05, 0.1) is 17.7 Å². The van der Waals surface area contributed by atoms with Crippen LogP contribution in [0.5, 0.6) is 5.75 Å². The lowest BCUT2D eigenvalue weighted by molar-refractivity contribution is -0.140. The largest absolute Gasteiger partial charge is 0.508 e. The summed E-state index contributed by atoms with van der Waals surface area (Å²) in [6.45, 7) is 0.852. The van der Waals surface area contributed by atoms with Gasteiger partial charge in [-0.2, -0.15) is 0 Å². The van der Waals surface area contributed by atoms with Gasteiger partial charge in [0, 0.05) is 23.7 Å². The number of carbonyl (C=O) groups is 2. The van der Waals surface area contributed by atoms with Crippen molar-refractivity contribution < 1.29 is 24.5 Å². The van der Waals surface area contributed by atoms with E-state index in [1.165, 1.54) is 23.1 Å². The fourth-order valence-corrected chi connectivity index (χ4v) is 4.10. The number of aromatic hydroxyl groups is 1. The first-order valence-corrected chi connectivity index (χ1v) is 9.78. The van der Waals surface area contributed by atoms with Crippen LogP contribution in [0.1, 0.15) is 30.0 Å². The number of ketones is 1. The van der Waals surface area contributed by atoms with Crippen LogP contribution < -0.4 is 0 Å². The minimum absolute atomic E-state index is 0.00737. The Hall–Kier alpha value is -2.83. The van der Waals surface area contributed by atoms with Gasteiger partial charge >= 0.3 is 0 Å². The zero-order valence-electron chi connectivity index (χ0n) is 15.5. The Morgan fingerprint density at radius 1 is 1.17 bits per heavy atom. The van der Waals surface area contributed by atoms with E-state index in [0.717, 1.165) is 12.8 Å². The number of Topliss-reactive ketones (excluding diaryl/α,β-unsaturated/α-hetero) is 1. The molecule has 0 spiro atoms. The molecule has 0 radical (unpaired) electrons. The first kappa shape index (κ1) is 19.5. The molecular weight excluding hydrogens is 394 g/mol. The van der Waals surface area contributed by atoms with Gasteiger partial charge in [0.25, 0.3) is 11.7 Å². The van der Waals surface area contributed by atoms with Crippen molar-refractivity contribution in [1.29, 1.82) is 0 Å². The Kier molecular flexibility index (Phi) is 5.30. The minimum Gasteiger partial charge on any atom is -0.508 e. The number of likely N-dealkylation sites (tertiary alicyclic amines) is 1. The van der Waals surface area contributed by atoms with Crippen LogP contribution in [0.15, 0.2) is 54.1 Å². The molecule has 0 aromatic heterocycles. The number of halogens is 1. The number of aliphatic hydroxyl groups excluding tert-OH is 1. The van der Waals surface area contributed by atoms with Gasteiger partial charge in [0.15, 0.2) is 0 Å². The van der Waals surface area contributed by atoms with E-state index in [-0.39, 0.29) is 29.7 Å². The molecule has 0 aliphatic carbocycles. The van der Waals surface area contributed by atoms with Gasteiger partial charge in [-0.25, -0.2) is 0 Å². The van der Waals surface area contributed by atoms with Crippen molar-refractivity contribution >= 4 is 29.1 Å². The highest BCUT2D eigenvalue weighted by molar-refractivity contribution is 6.46. The van der Waals surface area contributed by atoms with Crippen LogP contribution >= 0.6 is 11.6 Å². The number of benzene rings is 2. The maximum Gasteiger partial charge on any atom is 0.295 e. The van der Waals surface area contributed by atoms with Crippen molar-refractivity contribution in [3.05, 3.63) is 70.3 Å². The SMILES string of the molecule is O=C1C(=O)N(CC2CCCO2)C(c2cccc(O)c2)/C1=C(/O)c1cccc(Cl)c1. The Morgan fingerprint density at radius 2 is 1.97 bits per heavy atom. The Balaban J connectivity index is 1.84. The molecule has 1 amide bonds. The predicted molar refractivity (Wildman–Crippen MR) is 108 cm³/mol. The number of nitrogens with zero attached hydrogens (tertiary/aromatic N) is 1. The molecule has 2 aromatic carbocycles. The molecular formula is C22H20ClNO5. The highest BCUT2D eigenvalue weighted by atomic mass is 35.5. The second-order valence-electron chi connectivity index (χ2n) is 7.19. The average molecular weight is 414 g/mol. The van der Waals surface area contributed by atoms with Crippen molar-refractivity contribution in [3.63, 3.8) is 0 Å². The van der Waals surface area contributed by atoms with Crippen molar-refractivity contribution in [1.82, 2.24) is 4.90 Å². The molecule has 7 heteroatoms. The van der Waals surface area contributed by atoms with Crippen LogP contribution in [-0.4, -0.2) is 46.1 Å². The third-order valence-electron chi connectivity index (χ3n) is 5.25. The highest BCUT2D eigenvalue weighted by Gasteiger charge is 2.47. The molecule has 2 unspecified atom stereocenters. The van der Waals surface area contributed by atoms with Gasteiger partial charge in [0.1, 0.15) is 11.5 Å². The number of phenols is 1. The first-order valence-electron chi connectivity index (χ1n) is 9.40. The predicted octanol–water partition coefficient (Wildman–Crippen LogP) is 3.65. The molecule has 2 aliphatic heterocycles. The van der Waals surface area contributed by atoms with Crippen molar-refractivity contribution in [2.45, 2.75) is 25.0 Å². The van der Waals surface area contributed by atoms with Gasteiger partial charge < -0.3 is 19.8 Å². The van der Waals surface area contributed by atoms with E-state index in [4.69, 9.17) is 16.3 Å². The lowest BCUT2D eigenvalue weighted by Crippen LogP contribution is -2.36. The number of amides is 1. The molecule has 2 N–H and O–H groups in total. The van der Waals surface area contributed by atoms with E-state index in [2.05, 4.69) is 0 Å². The van der Waals surface area contributed by atoms with Crippen LogP contribution in [0.4, 0.5) is 0 Å². The van der Waals surface area contributed by atoms with Crippen LogP contribution in [0.2, 0.25) is 5.02 Å². The topological polar surface area (TPSA) is 87.1 Å². The fourth-order valence-electron chi connectivity index (χ4n) is 3.91. The van der Waals surface area contributed by atoms with Crippen molar-refractivity contribution in [3.8, 4) is 5.75 Å². The number of hydrogen-bond donors (Lipinski definition) is 2. The van der Waals surface area contributed by atoms with Gasteiger partial charge in [0.2, 0.25) is 0 Å². The smallest absolute Gasteiger partial charge is 0.295 e. The number of rotatable bonds is 4. The third kappa shape index (κ3) is 3.73. The van der Waals surface area contributed by atoms with E-state index < -0.39 is 17.7 Å². The van der Waals surface area contributed by atoms with E-state index in [1.54, 1.807) is 30.3 Å². The molecule has 6 nitrogen and oxygen atoms in total. The summed E-state index contributed by atoms with van der Waals surface area (Å²) in [5.41, 5.74) is 0.851. The molecule has 2 aromatic rings. The Morgan fingerprint density at radius 3 is 2.66 bits per heavy atom. The number of ether oxygens (including phenoxy) is 1. The standard InChI is InChI=1S/C22H20ClNO5/c23-15-6-1-5-14(10-15)20(26)18-19(13-4-2-7-16(25)11-13)24(22(28)21(18)27)12-17-8-3-9-29-17/h1-2,4-7,10-11,17,19,25-26H,3,8-9,12H2/b20-18-. The second kappa shape index (κ2) is 7.89. The molecule has 0 saturated carbocycles. The van der Waals surface area contributed by atoms with Gasteiger partial charge in [-0.15, -0.1) is 0 Å². The number of carbonyl (C=O) groups excluding carboxylic acids is 2. The highest BCUT2D eigenvalue weighted by Crippen LogP contribution is 2.40. The first-order chi connectivity index (χ1) is 14.0. The average Bonchev–Trinajstić information content (AvgIpc) is 3.30. The van der Waals surface area contributed by atoms with E-state index in [0.29, 0.717) is 22.8 Å². The molecule has 2 saturated heterocycles. The number of hydrogen-bond acceptors (Lipinski definition) is 5. The quantitative estimate of drug-likeness (QED) is 0.454. The van der Waals surface area contributed by atoms with Crippen LogP contribution in [0, 0.1) is 0 Å². The van der Waals surface area contributed by atoms with Crippen LogP contribution in [0.3, 0.4) is 0 Å². The van der Waals surface area contributed by atoms with E-state index >= 15 is 0 Å². The molecule has 29 heavy (non-hydrogen) atoms. The number of aliphatic hydroxyl groups is 1. The van der Waals surface area contributed by atoms with Crippen LogP contribution in [-0.2, 0) is 14.3 Å². The molecule has 2 aliphatic rings. The molecule has 2 atom stereocenters. The molecule has 4 rings (SSSR count). The summed E-state index contributed by atoms with van der Waals surface area (Å²) >= 11 is 6.03. The summed E-state index contributed by atoms with van der Waals surface area (Å²) in [6, 6.07) is 12.0. The zero-order chi connectivity index (χ0) is 20.5. The van der Waals surface area contributed by atoms with E-state index in [9.17, 15) is 19.8 Å². The van der Waals surface area contributed by atoms with Crippen molar-refractivity contribution in [2.75, 3.05) is 13.2 Å². The summed E-state index contributed by atoms with van der Waals surface area (Å²) in [7, 11) is 0. The molecule has 0 bridgehead atoms. The van der Waals surface area contributed by atoms with Gasteiger partial charge in [-0.1, -0.05) is 35.9 Å². The third-order valence-corrected chi connectivity index (χ3v) is 5.48. The molecule has 2 heterocycles. The summed E-state index contributed by atoms with van der Waals surface area (Å²) in [5.74, 6) is -1.76. The molecule has 150 valence electrons. The maximum atomic E-state index is 12.9. The summed E-state index contributed by atoms with van der Waals surface area (Å²) in [5, 5.41) is 21.3. The van der Waals surface area contributed by atoms with Gasteiger partial charge in [-0.05, 0) is 42.7 Å². The van der Waals surface area contributed by atoms with Crippen molar-refractivity contribution in [2.24, 2.45) is 0 Å². The van der Waals surface area contributed by atoms with Crippen LogP contribution in [0.25, 0.3) is 5.76 Å². The lowest BCUT2D eigenvalue weighted by atomic mass is 9.95.